The highest BCUT2D eigenvalue weighted by Gasteiger charge is 2.81. The highest BCUT2D eigenvalue weighted by molar-refractivity contribution is 6.19. The number of nitrogens with zero attached hydrogens (tertiary/aromatic N) is 1. The number of carbonyl (C=O) groups is 3. The molecule has 1 amide bonds. The molecule has 5 unspecified atom stereocenters. The van der Waals surface area contributed by atoms with Crippen LogP contribution in [-0.4, -0.2) is 76.1 Å². The minimum Gasteiger partial charge on any atom is -0.506 e. The van der Waals surface area contributed by atoms with Crippen molar-refractivity contribution < 1.29 is 33.7 Å². The van der Waals surface area contributed by atoms with E-state index in [1.54, 1.807) is 19.1 Å². The zero-order valence-corrected chi connectivity index (χ0v) is 33.3. The summed E-state index contributed by atoms with van der Waals surface area (Å²) in [5.74, 6) is -1.11. The van der Waals surface area contributed by atoms with E-state index >= 15 is 0 Å². The third-order valence-corrected chi connectivity index (χ3v) is 12.1. The molecule has 5 atom stereocenters. The summed E-state index contributed by atoms with van der Waals surface area (Å²) < 4.78 is 21.0. The Morgan fingerprint density at radius 1 is 1.00 bits per heavy atom. The number of likely N-dealkylation sites (N-methyl/N-ethyl adjacent to an activating group) is 1. The van der Waals surface area contributed by atoms with Gasteiger partial charge in [0.2, 0.25) is 5.91 Å². The molecule has 2 fully saturated rings. The number of allylic oxidation sites excluding steroid dienone is 5. The van der Waals surface area contributed by atoms with Gasteiger partial charge in [0.05, 0.1) is 11.2 Å². The molecule has 9 nitrogen and oxygen atoms in total. The molecule has 3 aliphatic carbocycles. The van der Waals surface area contributed by atoms with Crippen molar-refractivity contribution in [2.75, 3.05) is 26.2 Å². The SMILES string of the molecule is CCN(CC)CCNC(=O)/C(C)=C\CC12OC(C)(C)C3CC(C=C4C(=O)c5c(O)c6c(c(CC=C(C)C)c5OC431)OC(C)(CCC=C(C)C)C=C6)C2=O. The van der Waals surface area contributed by atoms with E-state index in [9.17, 15) is 19.5 Å². The molecule has 3 aliphatic heterocycles. The molecule has 53 heavy (non-hydrogen) atoms. The van der Waals surface area contributed by atoms with Gasteiger partial charge >= 0.3 is 0 Å². The number of rotatable bonds is 13. The van der Waals surface area contributed by atoms with Crippen LogP contribution in [0.1, 0.15) is 116 Å². The van der Waals surface area contributed by atoms with Crippen LogP contribution in [-0.2, 0) is 20.7 Å². The molecule has 2 N–H and O–H groups in total. The standard InChI is InChI=1S/C44H58N2O7/c1-11-46(12-2)23-22-45-40(50)28(7)17-21-43-39(49)29-24-32-36(48)34-35(47)30-18-20-42(10,19-13-14-26(3)4)51-37(30)31(16-15-27(5)6)38(34)52-44(32,43)33(25-29)41(8,9)53-43/h14-15,17-18,20,24,29,33,47H,11-13,16,19,21-23,25H2,1-10H3,(H,45,50)/b28-17-. The number of amides is 1. The smallest absolute Gasteiger partial charge is 0.246 e. The maximum atomic E-state index is 15.0. The molecule has 9 heteroatoms. The Labute approximate surface area is 315 Å². The van der Waals surface area contributed by atoms with Gasteiger partial charge in [0, 0.05) is 48.1 Å². The molecule has 3 heterocycles. The van der Waals surface area contributed by atoms with Gasteiger partial charge in [-0.1, -0.05) is 49.3 Å². The maximum Gasteiger partial charge on any atom is 0.246 e. The number of phenols is 1. The third-order valence-electron chi connectivity index (χ3n) is 12.1. The van der Waals surface area contributed by atoms with Crippen molar-refractivity contribution in [1.82, 2.24) is 10.2 Å². The second-order valence-electron chi connectivity index (χ2n) is 16.7. The Bertz CT molecular complexity index is 1870. The Hall–Kier alpha value is -3.95. The fourth-order valence-electron chi connectivity index (χ4n) is 9.18. The monoisotopic (exact) mass is 726 g/mol. The van der Waals surface area contributed by atoms with Crippen molar-refractivity contribution in [1.29, 1.82) is 0 Å². The lowest BCUT2D eigenvalue weighted by molar-refractivity contribution is -0.171. The number of fused-ring (bicyclic) bond motifs is 2. The second kappa shape index (κ2) is 14.0. The van der Waals surface area contributed by atoms with Crippen molar-refractivity contribution in [2.24, 2.45) is 11.8 Å². The Morgan fingerprint density at radius 2 is 1.70 bits per heavy atom. The fraction of sp³-hybridized carbons (Fsp3) is 0.568. The molecule has 0 radical (unpaired) electrons. The van der Waals surface area contributed by atoms with Crippen molar-refractivity contribution in [3.63, 3.8) is 0 Å². The topological polar surface area (TPSA) is 114 Å². The first-order valence-electron chi connectivity index (χ1n) is 19.4. The van der Waals surface area contributed by atoms with E-state index in [4.69, 9.17) is 14.2 Å². The Morgan fingerprint density at radius 3 is 2.36 bits per heavy atom. The molecule has 1 aromatic rings. The molecule has 6 aliphatic rings. The Balaban J connectivity index is 1.47. The molecular formula is C44H58N2O7. The van der Waals surface area contributed by atoms with Crippen LogP contribution >= 0.6 is 0 Å². The van der Waals surface area contributed by atoms with Gasteiger partial charge in [-0.25, -0.2) is 0 Å². The number of nitrogens with one attached hydrogen (secondary N) is 1. The quantitative estimate of drug-likeness (QED) is 0.158. The summed E-state index contributed by atoms with van der Waals surface area (Å²) in [5, 5.41) is 14.9. The first-order valence-corrected chi connectivity index (χ1v) is 19.4. The summed E-state index contributed by atoms with van der Waals surface area (Å²) in [5.41, 5.74) is -0.238. The molecule has 286 valence electrons. The number of benzene rings is 1. The van der Waals surface area contributed by atoms with Gasteiger partial charge in [0.1, 0.15) is 28.4 Å². The Kier molecular flexibility index (Phi) is 10.3. The number of phenolic OH excluding ortho intramolecular Hbond substituents is 1. The maximum absolute atomic E-state index is 15.0. The largest absolute Gasteiger partial charge is 0.506 e. The summed E-state index contributed by atoms with van der Waals surface area (Å²) >= 11 is 0. The van der Waals surface area contributed by atoms with Gasteiger partial charge in [-0.3, -0.25) is 14.4 Å². The van der Waals surface area contributed by atoms with E-state index in [-0.39, 0.29) is 46.9 Å². The zero-order valence-electron chi connectivity index (χ0n) is 33.3. The first-order chi connectivity index (χ1) is 24.9. The van der Waals surface area contributed by atoms with Crippen molar-refractivity contribution in [2.45, 2.75) is 124 Å². The predicted molar refractivity (Wildman–Crippen MR) is 207 cm³/mol. The number of aromatic hydroxyl groups is 1. The van der Waals surface area contributed by atoms with Gasteiger partial charge in [0.15, 0.2) is 22.8 Å². The molecule has 1 saturated heterocycles. The summed E-state index contributed by atoms with van der Waals surface area (Å²) in [6, 6.07) is 0. The summed E-state index contributed by atoms with van der Waals surface area (Å²) in [6.45, 7) is 23.1. The number of hydrogen-bond acceptors (Lipinski definition) is 8. The number of carbonyl (C=O) groups excluding carboxylic acids is 3. The molecule has 0 aromatic heterocycles. The van der Waals surface area contributed by atoms with Gasteiger partial charge in [-0.05, 0) is 106 Å². The number of hydrogen-bond donors (Lipinski definition) is 2. The number of ketones is 2. The van der Waals surface area contributed by atoms with Crippen LogP contribution in [0.2, 0.25) is 0 Å². The summed E-state index contributed by atoms with van der Waals surface area (Å²) in [6.07, 6.45) is 14.0. The number of ether oxygens (including phenoxy) is 3. The summed E-state index contributed by atoms with van der Waals surface area (Å²) in [4.78, 5) is 45.1. The normalized spacial score (nSPS) is 28.7. The van der Waals surface area contributed by atoms with E-state index < -0.39 is 28.3 Å². The van der Waals surface area contributed by atoms with Crippen LogP contribution in [0, 0.1) is 11.8 Å². The molecule has 1 saturated carbocycles. The van der Waals surface area contributed by atoms with Crippen LogP contribution in [0.15, 0.2) is 52.7 Å². The fourth-order valence-corrected chi connectivity index (χ4v) is 9.18. The highest BCUT2D eigenvalue weighted by Crippen LogP contribution is 2.68. The van der Waals surface area contributed by atoms with E-state index in [1.165, 1.54) is 5.57 Å². The van der Waals surface area contributed by atoms with Crippen molar-refractivity contribution in [3.05, 3.63) is 69.4 Å². The lowest BCUT2D eigenvalue weighted by Gasteiger charge is -2.56. The van der Waals surface area contributed by atoms with Crippen LogP contribution < -0.4 is 14.8 Å². The van der Waals surface area contributed by atoms with E-state index in [0.29, 0.717) is 53.8 Å². The lowest BCUT2D eigenvalue weighted by atomic mass is 9.51. The van der Waals surface area contributed by atoms with Gasteiger partial charge in [0.25, 0.3) is 0 Å². The van der Waals surface area contributed by atoms with Gasteiger partial charge in [-0.2, -0.15) is 0 Å². The molecule has 7 rings (SSSR count). The van der Waals surface area contributed by atoms with E-state index in [2.05, 4.69) is 50.1 Å². The van der Waals surface area contributed by atoms with Crippen LogP contribution in [0.3, 0.4) is 0 Å². The van der Waals surface area contributed by atoms with Crippen molar-refractivity contribution >= 4 is 23.5 Å². The zero-order chi connectivity index (χ0) is 38.7. The van der Waals surface area contributed by atoms with E-state index in [0.717, 1.165) is 31.6 Å². The predicted octanol–water partition coefficient (Wildman–Crippen LogP) is 7.61. The third kappa shape index (κ3) is 6.31. The van der Waals surface area contributed by atoms with Crippen LogP contribution in [0.5, 0.6) is 17.2 Å². The van der Waals surface area contributed by atoms with Crippen LogP contribution in [0.25, 0.3) is 6.08 Å². The highest BCUT2D eigenvalue weighted by atomic mass is 16.6. The molecule has 1 spiro atoms. The molecule has 4 bridgehead atoms. The number of Topliss-reactive ketones (excluding diaryl/α,β-unsaturated/α-hetero) is 2. The van der Waals surface area contributed by atoms with Crippen LogP contribution in [0.4, 0.5) is 0 Å². The average Bonchev–Trinajstić information content (AvgIpc) is 3.25. The van der Waals surface area contributed by atoms with E-state index in [1.807, 2.05) is 46.8 Å². The summed E-state index contributed by atoms with van der Waals surface area (Å²) in [7, 11) is 0. The molecular weight excluding hydrogens is 668 g/mol. The van der Waals surface area contributed by atoms with Gasteiger partial charge < -0.3 is 29.5 Å². The first kappa shape index (κ1) is 38.8. The molecule has 1 aromatic carbocycles. The average molecular weight is 727 g/mol. The lowest BCUT2D eigenvalue weighted by Crippen LogP contribution is -2.72. The second-order valence-corrected chi connectivity index (χ2v) is 16.7. The van der Waals surface area contributed by atoms with Gasteiger partial charge in [-0.15, -0.1) is 0 Å². The minimum absolute atomic E-state index is 0.0550. The van der Waals surface area contributed by atoms with Crippen molar-refractivity contribution in [3.8, 4) is 17.2 Å². The minimum atomic E-state index is -1.57.